The minimum Gasteiger partial charge on any atom is -0.496 e. The topological polar surface area (TPSA) is 144 Å². The number of aryl methyl sites for hydroxylation is 1. The SMILES string of the molecule is COc1ccccc1SSC(CO[N+](=O)[O-])CO[N+](=O)[O-].Cc1ncsc1CC=O. The first-order valence-electron chi connectivity index (χ1n) is 8.20. The first-order chi connectivity index (χ1) is 14.4. The summed E-state index contributed by atoms with van der Waals surface area (Å²) in [6.07, 6.45) is 1.41. The summed E-state index contributed by atoms with van der Waals surface area (Å²) in [4.78, 5) is 44.7. The number of aromatic nitrogens is 1. The van der Waals surface area contributed by atoms with E-state index in [9.17, 15) is 25.0 Å². The molecule has 11 nitrogen and oxygen atoms in total. The number of carbonyl (C=O) groups is 1. The number of rotatable bonds is 12. The lowest BCUT2D eigenvalue weighted by Gasteiger charge is -2.14. The van der Waals surface area contributed by atoms with Gasteiger partial charge in [0.15, 0.2) is 0 Å². The van der Waals surface area contributed by atoms with Crippen molar-refractivity contribution in [1.82, 2.24) is 4.98 Å². The number of hydrogen-bond acceptors (Lipinski definition) is 12. The van der Waals surface area contributed by atoms with Crippen LogP contribution < -0.4 is 4.74 Å². The third-order valence-electron chi connectivity index (χ3n) is 3.19. The Morgan fingerprint density at radius 1 is 1.20 bits per heavy atom. The molecule has 0 spiro atoms. The van der Waals surface area contributed by atoms with Gasteiger partial charge in [0.25, 0.3) is 10.2 Å². The molecule has 0 aliphatic heterocycles. The van der Waals surface area contributed by atoms with Gasteiger partial charge in [-0.3, -0.25) is 0 Å². The highest BCUT2D eigenvalue weighted by Crippen LogP contribution is 2.39. The van der Waals surface area contributed by atoms with Gasteiger partial charge in [0, 0.05) is 11.3 Å². The Morgan fingerprint density at radius 3 is 2.33 bits per heavy atom. The predicted octanol–water partition coefficient (Wildman–Crippen LogP) is 3.41. The summed E-state index contributed by atoms with van der Waals surface area (Å²) >= 11 is 1.53. The van der Waals surface area contributed by atoms with Crippen LogP contribution >= 0.6 is 32.9 Å². The lowest BCUT2D eigenvalue weighted by Crippen LogP contribution is -2.21. The van der Waals surface area contributed by atoms with Gasteiger partial charge in [-0.1, -0.05) is 33.7 Å². The molecule has 0 atom stereocenters. The predicted molar refractivity (Wildman–Crippen MR) is 113 cm³/mol. The van der Waals surface area contributed by atoms with Gasteiger partial charge in [0.1, 0.15) is 25.2 Å². The molecule has 0 N–H and O–H groups in total. The van der Waals surface area contributed by atoms with Gasteiger partial charge >= 0.3 is 0 Å². The summed E-state index contributed by atoms with van der Waals surface area (Å²) in [7, 11) is 3.96. The lowest BCUT2D eigenvalue weighted by atomic mass is 10.3. The van der Waals surface area contributed by atoms with Crippen LogP contribution in [0.2, 0.25) is 0 Å². The van der Waals surface area contributed by atoms with Crippen LogP contribution in [0.3, 0.4) is 0 Å². The largest absolute Gasteiger partial charge is 0.496 e. The van der Waals surface area contributed by atoms with Crippen molar-refractivity contribution in [3.8, 4) is 5.75 Å². The van der Waals surface area contributed by atoms with Crippen molar-refractivity contribution in [3.63, 3.8) is 0 Å². The molecule has 0 saturated carbocycles. The molecule has 2 aromatic rings. The molecule has 0 fully saturated rings. The molecule has 0 aliphatic rings. The van der Waals surface area contributed by atoms with Crippen molar-refractivity contribution in [3.05, 3.63) is 60.6 Å². The lowest BCUT2D eigenvalue weighted by molar-refractivity contribution is -0.765. The van der Waals surface area contributed by atoms with E-state index in [4.69, 9.17) is 4.74 Å². The Hall–Kier alpha value is -2.58. The van der Waals surface area contributed by atoms with E-state index in [-0.39, 0.29) is 13.2 Å². The summed E-state index contributed by atoms with van der Waals surface area (Å²) in [5.74, 6) is 0.638. The van der Waals surface area contributed by atoms with Gasteiger partial charge in [-0.15, -0.1) is 31.6 Å². The zero-order valence-electron chi connectivity index (χ0n) is 16.0. The molecule has 0 aliphatic carbocycles. The molecule has 0 amide bonds. The van der Waals surface area contributed by atoms with Gasteiger partial charge in [-0.2, -0.15) is 0 Å². The molecule has 2 rings (SSSR count). The van der Waals surface area contributed by atoms with E-state index < -0.39 is 15.4 Å². The summed E-state index contributed by atoms with van der Waals surface area (Å²) in [6.45, 7) is 1.29. The minimum absolute atomic E-state index is 0.312. The van der Waals surface area contributed by atoms with Crippen molar-refractivity contribution >= 4 is 39.2 Å². The fourth-order valence-electron chi connectivity index (χ4n) is 1.80. The van der Waals surface area contributed by atoms with Gasteiger partial charge < -0.3 is 19.2 Å². The van der Waals surface area contributed by atoms with Gasteiger partial charge in [-0.25, -0.2) is 4.98 Å². The van der Waals surface area contributed by atoms with E-state index in [0.717, 1.165) is 21.8 Å². The van der Waals surface area contributed by atoms with E-state index in [1.54, 1.807) is 23.7 Å². The molecule has 30 heavy (non-hydrogen) atoms. The fourth-order valence-corrected chi connectivity index (χ4v) is 4.83. The van der Waals surface area contributed by atoms with E-state index in [1.807, 2.05) is 13.0 Å². The quantitative estimate of drug-likeness (QED) is 0.192. The highest BCUT2D eigenvalue weighted by Gasteiger charge is 2.16. The molecule has 1 aromatic heterocycles. The van der Waals surface area contributed by atoms with Gasteiger partial charge in [0.05, 0.1) is 28.5 Å². The van der Waals surface area contributed by atoms with Crippen LogP contribution in [-0.2, 0) is 20.9 Å². The number of methoxy groups -OCH3 is 1. The number of benzene rings is 1. The average molecular weight is 478 g/mol. The number of hydrogen-bond donors (Lipinski definition) is 0. The fraction of sp³-hybridized carbons (Fsp3) is 0.375. The molecule has 1 heterocycles. The molecule has 1 aromatic carbocycles. The van der Waals surface area contributed by atoms with Crippen LogP contribution in [0.15, 0.2) is 34.7 Å². The summed E-state index contributed by atoms with van der Waals surface area (Å²) in [5, 5.41) is 17.9. The van der Waals surface area contributed by atoms with Crippen molar-refractivity contribution < 1.29 is 29.4 Å². The second-order valence-electron chi connectivity index (χ2n) is 5.22. The third-order valence-corrected chi connectivity index (χ3v) is 6.95. The van der Waals surface area contributed by atoms with Crippen molar-refractivity contribution in [2.75, 3.05) is 20.3 Å². The van der Waals surface area contributed by atoms with Gasteiger partial charge in [0.2, 0.25) is 0 Å². The van der Waals surface area contributed by atoms with Crippen LogP contribution in [0.1, 0.15) is 10.6 Å². The number of ether oxygens (including phenoxy) is 1. The van der Waals surface area contributed by atoms with Crippen LogP contribution in [-0.4, -0.2) is 47.0 Å². The normalized spacial score (nSPS) is 9.97. The minimum atomic E-state index is -0.951. The zero-order valence-corrected chi connectivity index (χ0v) is 18.4. The Balaban J connectivity index is 0.000000414. The van der Waals surface area contributed by atoms with Crippen molar-refractivity contribution in [2.45, 2.75) is 23.5 Å². The van der Waals surface area contributed by atoms with E-state index in [1.165, 1.54) is 40.0 Å². The van der Waals surface area contributed by atoms with Gasteiger partial charge in [-0.05, 0) is 19.1 Å². The van der Waals surface area contributed by atoms with E-state index in [2.05, 4.69) is 14.7 Å². The Kier molecular flexibility index (Phi) is 12.2. The maximum atomic E-state index is 10.2. The molecular weight excluding hydrogens is 458 g/mol. The Morgan fingerprint density at radius 2 is 1.83 bits per heavy atom. The zero-order chi connectivity index (χ0) is 22.4. The summed E-state index contributed by atoms with van der Waals surface area (Å²) in [6, 6.07) is 7.17. The molecular formula is C16H19N3O8S3. The van der Waals surface area contributed by atoms with Crippen LogP contribution in [0.4, 0.5) is 0 Å². The van der Waals surface area contributed by atoms with Crippen LogP contribution in [0, 0.1) is 27.2 Å². The second-order valence-corrected chi connectivity index (χ2v) is 8.71. The molecule has 164 valence electrons. The molecule has 0 bridgehead atoms. The molecule has 0 unspecified atom stereocenters. The highest BCUT2D eigenvalue weighted by molar-refractivity contribution is 8.77. The molecule has 0 radical (unpaired) electrons. The first-order valence-corrected chi connectivity index (χ1v) is 11.3. The summed E-state index contributed by atoms with van der Waals surface area (Å²) in [5.41, 5.74) is 2.74. The molecule has 0 saturated heterocycles. The second kappa shape index (κ2) is 14.4. The monoisotopic (exact) mass is 477 g/mol. The first kappa shape index (κ1) is 25.5. The van der Waals surface area contributed by atoms with Crippen molar-refractivity contribution in [1.29, 1.82) is 0 Å². The smallest absolute Gasteiger partial charge is 0.294 e. The molecule has 14 heteroatoms. The average Bonchev–Trinajstić information content (AvgIpc) is 3.12. The highest BCUT2D eigenvalue weighted by atomic mass is 33.1. The van der Waals surface area contributed by atoms with Crippen molar-refractivity contribution in [2.24, 2.45) is 0 Å². The summed E-state index contributed by atoms with van der Waals surface area (Å²) < 4.78 is 5.16. The maximum absolute atomic E-state index is 10.2. The Labute approximate surface area is 183 Å². The van der Waals surface area contributed by atoms with E-state index in [0.29, 0.717) is 12.2 Å². The number of nitrogens with zero attached hydrogens (tertiary/aromatic N) is 3. The van der Waals surface area contributed by atoms with Crippen LogP contribution in [0.25, 0.3) is 0 Å². The standard InChI is InChI=1S/C10H12N2O7S2.C6H7NOS/c1-17-9-4-2-3-5-10(9)21-20-8(6-18-11(13)14)7-19-12(15)16;1-5-6(2-3-8)9-4-7-5/h2-5,8H,6-7H2,1H3;3-4H,2H2,1H3. The number of thiazole rings is 1. The number of para-hydroxylation sites is 1. The Bertz CT molecular complexity index is 803. The maximum Gasteiger partial charge on any atom is 0.294 e. The number of carbonyl (C=O) groups excluding carboxylic acids is 1. The van der Waals surface area contributed by atoms with Crippen LogP contribution in [0.5, 0.6) is 5.75 Å². The van der Waals surface area contributed by atoms with E-state index >= 15 is 0 Å². The third kappa shape index (κ3) is 10.3. The number of aldehydes is 1.